The highest BCUT2D eigenvalue weighted by atomic mass is 16.5. The van der Waals surface area contributed by atoms with Crippen molar-refractivity contribution in [3.8, 4) is 17.2 Å². The Morgan fingerprint density at radius 3 is 2.38 bits per heavy atom. The van der Waals surface area contributed by atoms with Crippen LogP contribution in [0.2, 0.25) is 0 Å². The molecule has 0 spiro atoms. The van der Waals surface area contributed by atoms with Gasteiger partial charge in [-0.05, 0) is 90.8 Å². The molecule has 1 unspecified atom stereocenters. The van der Waals surface area contributed by atoms with Crippen molar-refractivity contribution in [3.05, 3.63) is 89.0 Å². The van der Waals surface area contributed by atoms with Crippen molar-refractivity contribution >= 4 is 0 Å². The van der Waals surface area contributed by atoms with Crippen LogP contribution in [0.3, 0.4) is 0 Å². The first kappa shape index (κ1) is 16.7. The second kappa shape index (κ2) is 7.25. The molecule has 132 valence electrons. The minimum Gasteiger partial charge on any atom is -0.497 e. The fourth-order valence-corrected chi connectivity index (χ4v) is 3.77. The Hall–Kier alpha value is -2.74. The highest BCUT2D eigenvalue weighted by Crippen LogP contribution is 2.35. The van der Waals surface area contributed by atoms with Crippen LogP contribution in [0.15, 0.2) is 66.7 Å². The molecule has 26 heavy (non-hydrogen) atoms. The molecule has 0 N–H and O–H groups in total. The second-order valence-electron chi connectivity index (χ2n) is 7.06. The Bertz CT molecular complexity index is 896. The first-order valence-corrected chi connectivity index (χ1v) is 9.21. The molecule has 4 rings (SSSR count). The molecule has 0 aromatic heterocycles. The summed E-state index contributed by atoms with van der Waals surface area (Å²) < 4.78 is 11.3. The molecule has 0 fully saturated rings. The summed E-state index contributed by atoms with van der Waals surface area (Å²) in [5.74, 6) is 3.31. The van der Waals surface area contributed by atoms with Crippen LogP contribution in [0.1, 0.15) is 34.6 Å². The topological polar surface area (TPSA) is 18.5 Å². The molecule has 0 amide bonds. The predicted octanol–water partition coefficient (Wildman–Crippen LogP) is 6.07. The monoisotopic (exact) mass is 344 g/mol. The van der Waals surface area contributed by atoms with Crippen LogP contribution in [-0.4, -0.2) is 7.11 Å². The van der Waals surface area contributed by atoms with Crippen molar-refractivity contribution < 1.29 is 9.47 Å². The molecule has 3 aromatic carbocycles. The molecule has 0 saturated heterocycles. The predicted molar refractivity (Wildman–Crippen MR) is 105 cm³/mol. The Labute approximate surface area is 155 Å². The van der Waals surface area contributed by atoms with Gasteiger partial charge in [0.15, 0.2) is 0 Å². The summed E-state index contributed by atoms with van der Waals surface area (Å²) in [5.41, 5.74) is 5.47. The molecule has 0 bridgehead atoms. The standard InChI is InChI=1S/C24H24O2/c1-17-4-3-5-24(14-17)26-22-11-8-18(9-12-22)19-6-7-21-16-23(25-2)13-10-20(21)15-19/h3-5,8-14,16,19H,6-7,15H2,1-2H3. The van der Waals surface area contributed by atoms with Gasteiger partial charge < -0.3 is 9.47 Å². The van der Waals surface area contributed by atoms with E-state index < -0.39 is 0 Å². The van der Waals surface area contributed by atoms with E-state index in [9.17, 15) is 0 Å². The van der Waals surface area contributed by atoms with Crippen molar-refractivity contribution in [3.63, 3.8) is 0 Å². The fraction of sp³-hybridized carbons (Fsp3) is 0.250. The maximum absolute atomic E-state index is 5.97. The summed E-state index contributed by atoms with van der Waals surface area (Å²) in [4.78, 5) is 0. The summed E-state index contributed by atoms with van der Waals surface area (Å²) in [7, 11) is 1.73. The lowest BCUT2D eigenvalue weighted by atomic mass is 9.80. The van der Waals surface area contributed by atoms with Crippen LogP contribution in [0.4, 0.5) is 0 Å². The Morgan fingerprint density at radius 1 is 0.808 bits per heavy atom. The van der Waals surface area contributed by atoms with Crippen molar-refractivity contribution in [1.82, 2.24) is 0 Å². The molecular weight excluding hydrogens is 320 g/mol. The van der Waals surface area contributed by atoms with Gasteiger partial charge in [0.1, 0.15) is 17.2 Å². The third-order valence-electron chi connectivity index (χ3n) is 5.22. The SMILES string of the molecule is COc1ccc2c(c1)CCC(c1ccc(Oc3cccc(C)c3)cc1)C2. The Morgan fingerprint density at radius 2 is 1.62 bits per heavy atom. The van der Waals surface area contributed by atoms with E-state index in [1.54, 1.807) is 7.11 Å². The Balaban J connectivity index is 1.47. The van der Waals surface area contributed by atoms with Gasteiger partial charge >= 0.3 is 0 Å². The van der Waals surface area contributed by atoms with E-state index in [2.05, 4.69) is 61.5 Å². The van der Waals surface area contributed by atoms with E-state index in [1.807, 2.05) is 12.1 Å². The molecule has 0 saturated carbocycles. The molecule has 0 radical (unpaired) electrons. The lowest BCUT2D eigenvalue weighted by Gasteiger charge is -2.25. The lowest BCUT2D eigenvalue weighted by molar-refractivity contribution is 0.413. The van der Waals surface area contributed by atoms with Gasteiger partial charge in [-0.25, -0.2) is 0 Å². The molecule has 0 heterocycles. The smallest absolute Gasteiger partial charge is 0.127 e. The maximum Gasteiger partial charge on any atom is 0.127 e. The minimum absolute atomic E-state index is 0.573. The number of aryl methyl sites for hydroxylation is 2. The number of benzene rings is 3. The van der Waals surface area contributed by atoms with Crippen molar-refractivity contribution in [2.24, 2.45) is 0 Å². The van der Waals surface area contributed by atoms with Crippen LogP contribution < -0.4 is 9.47 Å². The lowest BCUT2D eigenvalue weighted by Crippen LogP contribution is -2.12. The van der Waals surface area contributed by atoms with Crippen LogP contribution in [0.25, 0.3) is 0 Å². The van der Waals surface area contributed by atoms with Crippen molar-refractivity contribution in [2.45, 2.75) is 32.1 Å². The van der Waals surface area contributed by atoms with Crippen LogP contribution in [0, 0.1) is 6.92 Å². The second-order valence-corrected chi connectivity index (χ2v) is 7.06. The molecule has 1 aliphatic rings. The third kappa shape index (κ3) is 3.60. The van der Waals surface area contributed by atoms with E-state index in [0.717, 1.165) is 30.1 Å². The molecule has 2 nitrogen and oxygen atoms in total. The normalized spacial score (nSPS) is 16.0. The fourth-order valence-electron chi connectivity index (χ4n) is 3.77. The highest BCUT2D eigenvalue weighted by Gasteiger charge is 2.20. The van der Waals surface area contributed by atoms with E-state index in [-0.39, 0.29) is 0 Å². The highest BCUT2D eigenvalue weighted by molar-refractivity contribution is 5.41. The van der Waals surface area contributed by atoms with Gasteiger partial charge in [0.25, 0.3) is 0 Å². The molecule has 3 aromatic rings. The number of rotatable bonds is 4. The van der Waals surface area contributed by atoms with Crippen LogP contribution in [-0.2, 0) is 12.8 Å². The zero-order valence-electron chi connectivity index (χ0n) is 15.4. The molecular formula is C24H24O2. The number of hydrogen-bond acceptors (Lipinski definition) is 2. The van der Waals surface area contributed by atoms with Gasteiger partial charge in [0.2, 0.25) is 0 Å². The van der Waals surface area contributed by atoms with Crippen molar-refractivity contribution in [1.29, 1.82) is 0 Å². The van der Waals surface area contributed by atoms with Gasteiger partial charge in [-0.3, -0.25) is 0 Å². The van der Waals surface area contributed by atoms with Gasteiger partial charge in [-0.15, -0.1) is 0 Å². The first-order valence-electron chi connectivity index (χ1n) is 9.21. The zero-order chi connectivity index (χ0) is 17.9. The number of methoxy groups -OCH3 is 1. The van der Waals surface area contributed by atoms with Gasteiger partial charge in [-0.2, -0.15) is 0 Å². The summed E-state index contributed by atoms with van der Waals surface area (Å²) in [6.45, 7) is 2.08. The average Bonchev–Trinajstić information content (AvgIpc) is 2.68. The van der Waals surface area contributed by atoms with Gasteiger partial charge in [0, 0.05) is 0 Å². The zero-order valence-corrected chi connectivity index (χ0v) is 15.4. The minimum atomic E-state index is 0.573. The van der Waals surface area contributed by atoms with Crippen LogP contribution >= 0.6 is 0 Å². The van der Waals surface area contributed by atoms with Gasteiger partial charge in [-0.1, -0.05) is 30.3 Å². The number of fused-ring (bicyclic) bond motifs is 1. The van der Waals surface area contributed by atoms with Crippen molar-refractivity contribution in [2.75, 3.05) is 7.11 Å². The first-order chi connectivity index (χ1) is 12.7. The average molecular weight is 344 g/mol. The molecule has 0 aliphatic heterocycles. The number of hydrogen-bond donors (Lipinski definition) is 0. The summed E-state index contributed by atoms with van der Waals surface area (Å²) in [6, 6.07) is 23.2. The van der Waals surface area contributed by atoms with E-state index in [4.69, 9.17) is 9.47 Å². The maximum atomic E-state index is 5.97. The molecule has 1 atom stereocenters. The summed E-state index contributed by atoms with van der Waals surface area (Å²) in [6.07, 6.45) is 3.38. The molecule has 1 aliphatic carbocycles. The largest absolute Gasteiger partial charge is 0.497 e. The molecule has 2 heteroatoms. The quantitative estimate of drug-likeness (QED) is 0.572. The van der Waals surface area contributed by atoms with E-state index >= 15 is 0 Å². The summed E-state index contributed by atoms with van der Waals surface area (Å²) >= 11 is 0. The number of ether oxygens (including phenoxy) is 2. The Kier molecular flexibility index (Phi) is 4.66. The van der Waals surface area contributed by atoms with E-state index in [1.165, 1.54) is 28.7 Å². The summed E-state index contributed by atoms with van der Waals surface area (Å²) in [5, 5.41) is 0. The van der Waals surface area contributed by atoms with Gasteiger partial charge in [0.05, 0.1) is 7.11 Å². The third-order valence-corrected chi connectivity index (χ3v) is 5.22. The van der Waals surface area contributed by atoms with Crippen LogP contribution in [0.5, 0.6) is 17.2 Å². The van der Waals surface area contributed by atoms with E-state index in [0.29, 0.717) is 5.92 Å².